The van der Waals surface area contributed by atoms with Crippen LogP contribution in [0.3, 0.4) is 0 Å². The quantitative estimate of drug-likeness (QED) is 0.429. The normalized spacial score (nSPS) is 9.29. The van der Waals surface area contributed by atoms with Crippen LogP contribution in [0.5, 0.6) is 0 Å². The van der Waals surface area contributed by atoms with Crippen LogP contribution in [0.4, 0.5) is 0 Å². The molecule has 0 amide bonds. The van der Waals surface area contributed by atoms with Crippen LogP contribution in [-0.2, 0) is 0 Å². The summed E-state index contributed by atoms with van der Waals surface area (Å²) < 4.78 is 0. The molecule has 0 rings (SSSR count). The fourth-order valence-electron chi connectivity index (χ4n) is 0.677. The Hall–Kier alpha value is 0.636. The van der Waals surface area contributed by atoms with Gasteiger partial charge < -0.3 is 0 Å². The van der Waals surface area contributed by atoms with E-state index in [0.29, 0.717) is 0 Å². The Labute approximate surface area is 56.6 Å². The van der Waals surface area contributed by atoms with Gasteiger partial charge in [-0.15, -0.1) is 0 Å². The van der Waals surface area contributed by atoms with Crippen molar-refractivity contribution in [1.82, 2.24) is 0 Å². The summed E-state index contributed by atoms with van der Waals surface area (Å²) in [4.78, 5) is 1.55. The van der Waals surface area contributed by atoms with Gasteiger partial charge in [0.15, 0.2) is 0 Å². The molecule has 0 bridgehead atoms. The van der Waals surface area contributed by atoms with Gasteiger partial charge in [0.25, 0.3) is 0 Å². The zero-order chi connectivity index (χ0) is 5.54. The number of hydrogen-bond donors (Lipinski definition) is 0. The van der Waals surface area contributed by atoms with Crippen molar-refractivity contribution < 1.29 is 0 Å². The molecule has 0 saturated carbocycles. The molecule has 0 radical (unpaired) electrons. The van der Waals surface area contributed by atoms with E-state index >= 15 is 0 Å². The van der Waals surface area contributed by atoms with Crippen molar-refractivity contribution in [3.05, 3.63) is 0 Å². The molecule has 0 atom stereocenters. The number of hydrogen-bond acceptors (Lipinski definition) is 0. The second kappa shape index (κ2) is 6.64. The number of rotatable bonds is 4. The van der Waals surface area contributed by atoms with Crippen LogP contribution in [0.25, 0.3) is 0 Å². The summed E-state index contributed by atoms with van der Waals surface area (Å²) in [6.07, 6.45) is 5.83. The second-order valence-electron chi connectivity index (χ2n) is 2.06. The van der Waals surface area contributed by atoms with E-state index in [2.05, 4.69) is 6.92 Å². The van der Waals surface area contributed by atoms with Gasteiger partial charge in [-0.05, 0) is 0 Å². The first kappa shape index (κ1) is 7.64. The first-order chi connectivity index (χ1) is 3.41. The topological polar surface area (TPSA) is 0 Å². The van der Waals surface area contributed by atoms with Gasteiger partial charge in [0.2, 0.25) is 0 Å². The van der Waals surface area contributed by atoms with Gasteiger partial charge in [0.1, 0.15) is 0 Å². The first-order valence-corrected chi connectivity index (χ1v) is 6.38. The molecule has 0 aliphatic heterocycles. The summed E-state index contributed by atoms with van der Waals surface area (Å²) in [6, 6.07) is 0. The minimum atomic E-state index is 1.11. The molecule has 0 aromatic carbocycles. The minimum absolute atomic E-state index is 1.11. The Kier molecular flexibility index (Phi) is 7.24. The predicted octanol–water partition coefficient (Wildman–Crippen LogP) is 1.62. The third kappa shape index (κ3) is 6.64. The van der Waals surface area contributed by atoms with Crippen LogP contribution < -0.4 is 0 Å². The maximum absolute atomic E-state index is 2.26. The molecule has 0 N–H and O–H groups in total. The van der Waals surface area contributed by atoms with Gasteiger partial charge in [-0.25, -0.2) is 0 Å². The Bertz CT molecular complexity index is 23.4. The Morgan fingerprint density at radius 1 is 1.14 bits per heavy atom. The average Bonchev–Trinajstić information content (AvgIpc) is 1.69. The second-order valence-corrected chi connectivity index (χ2v) is 4.16. The van der Waals surface area contributed by atoms with Gasteiger partial charge >= 0.3 is 56.2 Å². The monoisotopic (exact) mass is 156 g/mol. The fraction of sp³-hybridized carbons (Fsp3) is 1.00. The summed E-state index contributed by atoms with van der Waals surface area (Å²) in [6.45, 7) is 2.26. The number of unbranched alkanes of at least 4 members (excludes halogenated alkanes) is 3. The molecule has 0 saturated heterocycles. The van der Waals surface area contributed by atoms with Crippen LogP contribution in [-0.4, -0.2) is 18.6 Å². The molecule has 0 fully saturated rings. The summed E-state index contributed by atoms with van der Waals surface area (Å²) in [5, 5.41) is 0. The van der Waals surface area contributed by atoms with E-state index in [-0.39, 0.29) is 0 Å². The zero-order valence-electron chi connectivity index (χ0n) is 5.54. The maximum atomic E-state index is 2.26. The van der Waals surface area contributed by atoms with E-state index in [9.17, 15) is 0 Å². The molecule has 0 unspecified atom stereocenters. The zero-order valence-corrected chi connectivity index (χ0v) is 9.73. The van der Waals surface area contributed by atoms with Gasteiger partial charge in [0.05, 0.1) is 0 Å². The Morgan fingerprint density at radius 3 is 2.29 bits per heavy atom. The van der Waals surface area contributed by atoms with Crippen molar-refractivity contribution in [3.8, 4) is 0 Å². The SMILES string of the molecule is CCCCC[CH2][GaH2]. The average molecular weight is 157 g/mol. The van der Waals surface area contributed by atoms with Crippen LogP contribution in [0.2, 0.25) is 4.98 Å². The van der Waals surface area contributed by atoms with E-state index < -0.39 is 0 Å². The van der Waals surface area contributed by atoms with Crippen LogP contribution in [0, 0.1) is 0 Å². The molecule has 7 heavy (non-hydrogen) atoms. The van der Waals surface area contributed by atoms with Crippen LogP contribution >= 0.6 is 0 Å². The Balaban J connectivity index is 2.45. The molecule has 0 spiro atoms. The third-order valence-electron chi connectivity index (χ3n) is 1.21. The van der Waals surface area contributed by atoms with Gasteiger partial charge in [-0.3, -0.25) is 0 Å². The van der Waals surface area contributed by atoms with Crippen LogP contribution in [0.15, 0.2) is 0 Å². The van der Waals surface area contributed by atoms with Crippen molar-refractivity contribution >= 4 is 18.6 Å². The van der Waals surface area contributed by atoms with E-state index in [1.54, 1.807) is 4.98 Å². The molecular weight excluding hydrogens is 142 g/mol. The van der Waals surface area contributed by atoms with Gasteiger partial charge in [0, 0.05) is 0 Å². The van der Waals surface area contributed by atoms with E-state index in [0.717, 1.165) is 18.6 Å². The molecule has 0 aromatic heterocycles. The summed E-state index contributed by atoms with van der Waals surface area (Å²) >= 11 is 1.11. The Morgan fingerprint density at radius 2 is 1.86 bits per heavy atom. The molecule has 0 aromatic rings. The fourth-order valence-corrected chi connectivity index (χ4v) is 1.73. The van der Waals surface area contributed by atoms with Crippen molar-refractivity contribution in [3.63, 3.8) is 0 Å². The van der Waals surface area contributed by atoms with Crippen molar-refractivity contribution in [1.29, 1.82) is 0 Å². The molecule has 0 aliphatic rings. The van der Waals surface area contributed by atoms with E-state index in [1.807, 2.05) is 0 Å². The molecule has 1 heteroatoms. The van der Waals surface area contributed by atoms with Crippen molar-refractivity contribution in [2.75, 3.05) is 0 Å². The first-order valence-electron chi connectivity index (χ1n) is 3.41. The summed E-state index contributed by atoms with van der Waals surface area (Å²) in [5.74, 6) is 0. The molecule has 0 nitrogen and oxygen atoms in total. The van der Waals surface area contributed by atoms with Gasteiger partial charge in [-0.1, -0.05) is 0 Å². The standard InChI is InChI=1S/C6H13.Ga.2H/c1-3-5-6-4-2;;;/h1,3-6H2,2H3;;;. The molecular formula is C6H15Ga. The predicted molar refractivity (Wildman–Crippen MR) is 37.5 cm³/mol. The molecule has 0 aliphatic carbocycles. The van der Waals surface area contributed by atoms with Crippen LogP contribution in [0.1, 0.15) is 32.6 Å². The van der Waals surface area contributed by atoms with E-state index in [1.165, 1.54) is 25.7 Å². The summed E-state index contributed by atoms with van der Waals surface area (Å²) in [5.41, 5.74) is 0. The molecule has 42 valence electrons. The molecule has 0 heterocycles. The van der Waals surface area contributed by atoms with Crippen molar-refractivity contribution in [2.24, 2.45) is 0 Å². The third-order valence-corrected chi connectivity index (χ3v) is 2.69. The van der Waals surface area contributed by atoms with Gasteiger partial charge in [-0.2, -0.15) is 0 Å². The van der Waals surface area contributed by atoms with Crippen molar-refractivity contribution in [2.45, 2.75) is 37.6 Å². The summed E-state index contributed by atoms with van der Waals surface area (Å²) in [7, 11) is 0. The van der Waals surface area contributed by atoms with E-state index in [4.69, 9.17) is 0 Å².